The minimum absolute atomic E-state index is 0.0957. The lowest BCUT2D eigenvalue weighted by atomic mass is 10.2. The van der Waals surface area contributed by atoms with Gasteiger partial charge in [0.15, 0.2) is 0 Å². The predicted molar refractivity (Wildman–Crippen MR) is 83.1 cm³/mol. The van der Waals surface area contributed by atoms with Crippen LogP contribution in [0.1, 0.15) is 5.69 Å². The molecule has 0 fully saturated rings. The van der Waals surface area contributed by atoms with Crippen molar-refractivity contribution in [3.63, 3.8) is 0 Å². The van der Waals surface area contributed by atoms with Crippen LogP contribution in [0.2, 0.25) is 5.02 Å². The van der Waals surface area contributed by atoms with Crippen LogP contribution < -0.4 is 10.6 Å². The van der Waals surface area contributed by atoms with E-state index in [0.29, 0.717) is 5.02 Å². The summed E-state index contributed by atoms with van der Waals surface area (Å²) in [4.78, 5) is 18.0. The van der Waals surface area contributed by atoms with E-state index in [0.717, 1.165) is 29.3 Å². The molecule has 5 nitrogen and oxygen atoms in total. The van der Waals surface area contributed by atoms with Gasteiger partial charge in [0.2, 0.25) is 5.91 Å². The molecule has 21 heavy (non-hydrogen) atoms. The zero-order valence-electron chi connectivity index (χ0n) is 11.6. The molecule has 1 aromatic heterocycles. The van der Waals surface area contributed by atoms with Crippen molar-refractivity contribution in [3.05, 3.63) is 47.3 Å². The largest absolute Gasteiger partial charge is 0.368 e. The third kappa shape index (κ3) is 2.52. The number of fused-ring (bicyclic) bond motifs is 1. The zero-order chi connectivity index (χ0) is 15.0. The summed E-state index contributed by atoms with van der Waals surface area (Å²) in [6, 6.07) is 7.39. The van der Waals surface area contributed by atoms with Gasteiger partial charge in [0, 0.05) is 30.3 Å². The lowest BCUT2D eigenvalue weighted by molar-refractivity contribution is -0.118. The van der Waals surface area contributed by atoms with Crippen LogP contribution in [-0.4, -0.2) is 22.5 Å². The number of halogens is 1. The van der Waals surface area contributed by atoms with Crippen LogP contribution in [0, 0.1) is 0 Å². The van der Waals surface area contributed by atoms with Crippen LogP contribution in [0.15, 0.2) is 36.5 Å². The van der Waals surface area contributed by atoms with Gasteiger partial charge in [0.25, 0.3) is 0 Å². The Morgan fingerprint density at radius 2 is 2.10 bits per heavy atom. The number of allylic oxidation sites excluding steroid dienone is 1. The lowest BCUT2D eigenvalue weighted by Crippen LogP contribution is -2.24. The average molecular weight is 303 g/mol. The SMILES string of the molecule is CN1C=CCc2nc(-c3ccc(Cl)cc3)n(CC(N)=O)c21. The molecule has 2 heterocycles. The number of hydrogen-bond acceptors (Lipinski definition) is 3. The molecule has 108 valence electrons. The van der Waals surface area contributed by atoms with E-state index in [9.17, 15) is 4.79 Å². The predicted octanol–water partition coefficient (Wildman–Crippen LogP) is 2.19. The summed E-state index contributed by atoms with van der Waals surface area (Å²) in [6.07, 6.45) is 4.74. The molecule has 0 bridgehead atoms. The van der Waals surface area contributed by atoms with Gasteiger partial charge in [-0.2, -0.15) is 0 Å². The summed E-state index contributed by atoms with van der Waals surface area (Å²) in [5.74, 6) is 1.24. The Bertz CT molecular complexity index is 718. The van der Waals surface area contributed by atoms with Crippen LogP contribution in [0.4, 0.5) is 5.82 Å². The molecule has 0 saturated heterocycles. The van der Waals surface area contributed by atoms with Gasteiger partial charge < -0.3 is 15.2 Å². The number of hydrogen-bond donors (Lipinski definition) is 1. The van der Waals surface area contributed by atoms with Crippen molar-refractivity contribution in [1.29, 1.82) is 0 Å². The van der Waals surface area contributed by atoms with E-state index in [1.165, 1.54) is 0 Å². The Balaban J connectivity index is 2.16. The molecule has 1 aliphatic heterocycles. The number of imidazole rings is 1. The van der Waals surface area contributed by atoms with Gasteiger partial charge in [-0.3, -0.25) is 4.79 Å². The molecule has 1 aromatic carbocycles. The van der Waals surface area contributed by atoms with Crippen LogP contribution in [0.5, 0.6) is 0 Å². The second-order valence-electron chi connectivity index (χ2n) is 4.96. The number of nitrogens with two attached hydrogens (primary N) is 1. The Kier molecular flexibility index (Phi) is 3.43. The summed E-state index contributed by atoms with van der Waals surface area (Å²) in [6.45, 7) is 0.0957. The smallest absolute Gasteiger partial charge is 0.237 e. The fourth-order valence-corrected chi connectivity index (χ4v) is 2.67. The minimum Gasteiger partial charge on any atom is -0.368 e. The van der Waals surface area contributed by atoms with Crippen LogP contribution >= 0.6 is 11.6 Å². The highest BCUT2D eigenvalue weighted by molar-refractivity contribution is 6.30. The fourth-order valence-electron chi connectivity index (χ4n) is 2.54. The molecule has 0 atom stereocenters. The van der Waals surface area contributed by atoms with E-state index < -0.39 is 5.91 Å². The van der Waals surface area contributed by atoms with E-state index in [4.69, 9.17) is 17.3 Å². The van der Waals surface area contributed by atoms with Gasteiger partial charge >= 0.3 is 0 Å². The van der Waals surface area contributed by atoms with E-state index in [-0.39, 0.29) is 6.54 Å². The van der Waals surface area contributed by atoms with Gasteiger partial charge in [0.05, 0.1) is 5.69 Å². The number of primary amides is 1. The van der Waals surface area contributed by atoms with Crippen LogP contribution in [0.3, 0.4) is 0 Å². The maximum absolute atomic E-state index is 11.4. The van der Waals surface area contributed by atoms with Crippen molar-refractivity contribution >= 4 is 23.3 Å². The van der Waals surface area contributed by atoms with E-state index in [2.05, 4.69) is 4.98 Å². The number of rotatable bonds is 3. The third-order valence-corrected chi connectivity index (χ3v) is 3.65. The molecule has 0 radical (unpaired) electrons. The van der Waals surface area contributed by atoms with Crippen molar-refractivity contribution in [3.8, 4) is 11.4 Å². The minimum atomic E-state index is -0.395. The number of benzene rings is 1. The average Bonchev–Trinajstić information content (AvgIpc) is 2.79. The summed E-state index contributed by atoms with van der Waals surface area (Å²) in [5.41, 5.74) is 7.23. The van der Waals surface area contributed by atoms with Crippen molar-refractivity contribution in [2.75, 3.05) is 11.9 Å². The van der Waals surface area contributed by atoms with Crippen molar-refractivity contribution in [2.45, 2.75) is 13.0 Å². The maximum atomic E-state index is 11.4. The summed E-state index contributed by atoms with van der Waals surface area (Å²) < 4.78 is 1.85. The molecule has 0 spiro atoms. The molecule has 2 aromatic rings. The Morgan fingerprint density at radius 1 is 1.38 bits per heavy atom. The highest BCUT2D eigenvalue weighted by Gasteiger charge is 2.22. The quantitative estimate of drug-likeness (QED) is 0.945. The monoisotopic (exact) mass is 302 g/mol. The Hall–Kier alpha value is -2.27. The lowest BCUT2D eigenvalue weighted by Gasteiger charge is -2.21. The van der Waals surface area contributed by atoms with Crippen LogP contribution in [0.25, 0.3) is 11.4 Å². The summed E-state index contributed by atoms with van der Waals surface area (Å²) >= 11 is 5.93. The molecule has 0 saturated carbocycles. The van der Waals surface area contributed by atoms with Crippen molar-refractivity contribution < 1.29 is 4.79 Å². The van der Waals surface area contributed by atoms with Crippen molar-refractivity contribution in [2.24, 2.45) is 5.73 Å². The maximum Gasteiger partial charge on any atom is 0.237 e. The topological polar surface area (TPSA) is 64.2 Å². The number of aromatic nitrogens is 2. The molecule has 0 unspecified atom stereocenters. The van der Waals surface area contributed by atoms with Gasteiger partial charge in [0.1, 0.15) is 18.2 Å². The summed E-state index contributed by atoms with van der Waals surface area (Å²) in [5, 5.41) is 0.662. The first-order valence-corrected chi connectivity index (χ1v) is 6.97. The second kappa shape index (κ2) is 5.26. The standard InChI is InChI=1S/C15H15ClN4O/c1-19-8-2-3-12-15(19)20(9-13(17)21)14(18-12)10-4-6-11(16)7-5-10/h2,4-8H,3,9H2,1H3,(H2,17,21). The molecule has 1 amide bonds. The Labute approximate surface area is 127 Å². The molecular formula is C15H15ClN4O. The first-order valence-electron chi connectivity index (χ1n) is 6.59. The van der Waals surface area contributed by atoms with Gasteiger partial charge in [-0.1, -0.05) is 17.7 Å². The first kappa shape index (κ1) is 13.7. The third-order valence-electron chi connectivity index (χ3n) is 3.40. The van der Waals surface area contributed by atoms with Gasteiger partial charge in [-0.05, 0) is 24.3 Å². The fraction of sp³-hybridized carbons (Fsp3) is 0.200. The molecular weight excluding hydrogens is 288 g/mol. The molecule has 2 N–H and O–H groups in total. The van der Waals surface area contributed by atoms with Crippen molar-refractivity contribution in [1.82, 2.24) is 9.55 Å². The number of carbonyl (C=O) groups is 1. The molecule has 3 rings (SSSR count). The molecule has 1 aliphatic rings. The van der Waals surface area contributed by atoms with Gasteiger partial charge in [-0.25, -0.2) is 4.98 Å². The highest BCUT2D eigenvalue weighted by atomic mass is 35.5. The second-order valence-corrected chi connectivity index (χ2v) is 5.40. The molecule has 6 heteroatoms. The Morgan fingerprint density at radius 3 is 2.76 bits per heavy atom. The highest BCUT2D eigenvalue weighted by Crippen LogP contribution is 2.31. The first-order chi connectivity index (χ1) is 10.1. The van der Waals surface area contributed by atoms with E-state index >= 15 is 0 Å². The van der Waals surface area contributed by atoms with E-state index in [1.54, 1.807) is 12.1 Å². The normalized spacial score (nSPS) is 13.3. The number of carbonyl (C=O) groups excluding carboxylic acids is 1. The number of anilines is 1. The number of amides is 1. The zero-order valence-corrected chi connectivity index (χ0v) is 12.3. The molecule has 0 aliphatic carbocycles. The van der Waals surface area contributed by atoms with Gasteiger partial charge in [-0.15, -0.1) is 0 Å². The van der Waals surface area contributed by atoms with E-state index in [1.807, 2.05) is 40.9 Å². The van der Waals surface area contributed by atoms with Crippen LogP contribution in [-0.2, 0) is 17.8 Å². The number of nitrogens with zero attached hydrogens (tertiary/aromatic N) is 3. The summed E-state index contributed by atoms with van der Waals surface area (Å²) in [7, 11) is 1.93.